The molecule has 92 valence electrons. The molecular formula is C14H19FN2. The van der Waals surface area contributed by atoms with Gasteiger partial charge in [0.25, 0.3) is 0 Å². The molecule has 1 aromatic rings. The second-order valence-corrected chi connectivity index (χ2v) is 4.46. The summed E-state index contributed by atoms with van der Waals surface area (Å²) in [6.45, 7) is 5.69. The van der Waals surface area contributed by atoms with Crippen LogP contribution in [0.1, 0.15) is 24.8 Å². The Morgan fingerprint density at radius 3 is 3.06 bits per heavy atom. The van der Waals surface area contributed by atoms with Crippen molar-refractivity contribution in [1.82, 2.24) is 5.32 Å². The van der Waals surface area contributed by atoms with Crippen molar-refractivity contribution in [2.45, 2.75) is 25.3 Å². The zero-order valence-electron chi connectivity index (χ0n) is 10.0. The summed E-state index contributed by atoms with van der Waals surface area (Å²) in [6, 6.07) is 5.27. The van der Waals surface area contributed by atoms with Crippen molar-refractivity contribution in [1.29, 1.82) is 0 Å². The summed E-state index contributed by atoms with van der Waals surface area (Å²) in [5, 5.41) is 6.84. The molecule has 0 bridgehead atoms. The highest BCUT2D eigenvalue weighted by atomic mass is 19.1. The molecule has 0 aliphatic carbocycles. The predicted molar refractivity (Wildman–Crippen MR) is 70.6 cm³/mol. The van der Waals surface area contributed by atoms with E-state index in [1.807, 2.05) is 0 Å². The Hall–Kier alpha value is -1.35. The summed E-state index contributed by atoms with van der Waals surface area (Å²) >= 11 is 0. The summed E-state index contributed by atoms with van der Waals surface area (Å²) in [5.74, 6) is -0.221. The van der Waals surface area contributed by atoms with Crippen LogP contribution in [0.4, 0.5) is 10.1 Å². The lowest BCUT2D eigenvalue weighted by Gasteiger charge is -2.24. The molecule has 1 unspecified atom stereocenters. The molecule has 1 aliphatic rings. The fourth-order valence-electron chi connectivity index (χ4n) is 2.19. The lowest BCUT2D eigenvalue weighted by molar-refractivity contribution is 0.414. The fraction of sp³-hybridized carbons (Fsp3) is 0.429. The minimum atomic E-state index is -0.221. The van der Waals surface area contributed by atoms with Crippen molar-refractivity contribution in [3.05, 3.63) is 36.2 Å². The van der Waals surface area contributed by atoms with E-state index < -0.39 is 0 Å². The van der Waals surface area contributed by atoms with Crippen LogP contribution in [-0.4, -0.2) is 19.1 Å². The van der Waals surface area contributed by atoms with Gasteiger partial charge in [0.1, 0.15) is 5.82 Å². The molecule has 2 nitrogen and oxygen atoms in total. The van der Waals surface area contributed by atoms with Crippen molar-refractivity contribution < 1.29 is 4.39 Å². The third-order valence-corrected chi connectivity index (χ3v) is 3.18. The molecule has 0 amide bonds. The smallest absolute Gasteiger partial charge is 0.123 e. The van der Waals surface area contributed by atoms with E-state index in [4.69, 9.17) is 0 Å². The quantitative estimate of drug-likeness (QED) is 0.836. The Balaban J connectivity index is 1.95. The van der Waals surface area contributed by atoms with Crippen molar-refractivity contribution in [2.75, 3.05) is 18.4 Å². The molecule has 0 saturated carbocycles. The van der Waals surface area contributed by atoms with Gasteiger partial charge in [0, 0.05) is 18.3 Å². The van der Waals surface area contributed by atoms with Crippen LogP contribution in [0.15, 0.2) is 24.8 Å². The van der Waals surface area contributed by atoms with Gasteiger partial charge >= 0.3 is 0 Å². The number of rotatable bonds is 4. The van der Waals surface area contributed by atoms with Crippen LogP contribution >= 0.6 is 0 Å². The van der Waals surface area contributed by atoms with Gasteiger partial charge in [-0.05, 0) is 43.1 Å². The Morgan fingerprint density at radius 1 is 1.47 bits per heavy atom. The molecule has 2 N–H and O–H groups in total. The minimum absolute atomic E-state index is 0.221. The molecule has 17 heavy (non-hydrogen) atoms. The first-order chi connectivity index (χ1) is 8.29. The molecule has 2 rings (SSSR count). The second kappa shape index (κ2) is 5.82. The van der Waals surface area contributed by atoms with E-state index in [1.54, 1.807) is 12.1 Å². The van der Waals surface area contributed by atoms with Gasteiger partial charge in [-0.2, -0.15) is 0 Å². The molecule has 1 aliphatic heterocycles. The summed E-state index contributed by atoms with van der Waals surface area (Å²) in [6.07, 6.45) is 5.44. The van der Waals surface area contributed by atoms with E-state index in [9.17, 15) is 4.39 Å². The molecule has 0 radical (unpaired) electrons. The second-order valence-electron chi connectivity index (χ2n) is 4.46. The van der Waals surface area contributed by atoms with E-state index in [0.29, 0.717) is 6.04 Å². The SMILES string of the molecule is C=Cc1cc(F)ccc1NCC1CCCCN1. The van der Waals surface area contributed by atoms with Gasteiger partial charge in [0.15, 0.2) is 0 Å². The average molecular weight is 234 g/mol. The van der Waals surface area contributed by atoms with Gasteiger partial charge in [-0.25, -0.2) is 4.39 Å². The lowest BCUT2D eigenvalue weighted by atomic mass is 10.0. The van der Waals surface area contributed by atoms with E-state index in [2.05, 4.69) is 17.2 Å². The van der Waals surface area contributed by atoms with Crippen LogP contribution in [0.25, 0.3) is 6.08 Å². The van der Waals surface area contributed by atoms with Crippen LogP contribution in [0.2, 0.25) is 0 Å². The van der Waals surface area contributed by atoms with Crippen molar-refractivity contribution in [2.24, 2.45) is 0 Å². The predicted octanol–water partition coefficient (Wildman–Crippen LogP) is 3.02. The first-order valence-electron chi connectivity index (χ1n) is 6.19. The van der Waals surface area contributed by atoms with E-state index >= 15 is 0 Å². The van der Waals surface area contributed by atoms with Crippen molar-refractivity contribution >= 4 is 11.8 Å². The number of hydrogen-bond acceptors (Lipinski definition) is 2. The Kier molecular flexibility index (Phi) is 4.15. The number of halogens is 1. The van der Waals surface area contributed by atoms with Crippen LogP contribution in [0.3, 0.4) is 0 Å². The number of nitrogens with one attached hydrogen (secondary N) is 2. The first kappa shape index (κ1) is 12.1. The summed E-state index contributed by atoms with van der Waals surface area (Å²) in [4.78, 5) is 0. The Labute approximate surface area is 102 Å². The van der Waals surface area contributed by atoms with Crippen molar-refractivity contribution in [3.63, 3.8) is 0 Å². The highest BCUT2D eigenvalue weighted by Gasteiger charge is 2.12. The highest BCUT2D eigenvalue weighted by molar-refractivity contribution is 5.65. The van der Waals surface area contributed by atoms with Crippen LogP contribution in [-0.2, 0) is 0 Å². The molecule has 0 aromatic heterocycles. The molecule has 1 aromatic carbocycles. The number of piperidine rings is 1. The fourth-order valence-corrected chi connectivity index (χ4v) is 2.19. The standard InChI is InChI=1S/C14H19FN2/c1-2-11-9-12(15)6-7-14(11)17-10-13-5-3-4-8-16-13/h2,6-7,9,13,16-17H,1,3-5,8,10H2. The van der Waals surface area contributed by atoms with Crippen molar-refractivity contribution in [3.8, 4) is 0 Å². The number of hydrogen-bond donors (Lipinski definition) is 2. The molecule has 3 heteroatoms. The van der Waals surface area contributed by atoms with E-state index in [1.165, 1.54) is 31.4 Å². The third-order valence-electron chi connectivity index (χ3n) is 3.18. The number of benzene rings is 1. The first-order valence-corrected chi connectivity index (χ1v) is 6.19. The normalized spacial score (nSPS) is 19.9. The molecule has 0 spiro atoms. The third kappa shape index (κ3) is 3.30. The van der Waals surface area contributed by atoms with Gasteiger partial charge in [-0.1, -0.05) is 19.1 Å². The maximum atomic E-state index is 13.0. The molecule has 1 saturated heterocycles. The molecule has 1 fully saturated rings. The number of anilines is 1. The van der Waals surface area contributed by atoms with Gasteiger partial charge in [0.05, 0.1) is 0 Å². The zero-order chi connectivity index (χ0) is 12.1. The Morgan fingerprint density at radius 2 is 2.35 bits per heavy atom. The molecule has 1 heterocycles. The van der Waals surface area contributed by atoms with Crippen LogP contribution in [0.5, 0.6) is 0 Å². The van der Waals surface area contributed by atoms with Gasteiger partial charge in [0.2, 0.25) is 0 Å². The van der Waals surface area contributed by atoms with Gasteiger partial charge < -0.3 is 10.6 Å². The zero-order valence-corrected chi connectivity index (χ0v) is 10.0. The minimum Gasteiger partial charge on any atom is -0.383 e. The monoisotopic (exact) mass is 234 g/mol. The highest BCUT2D eigenvalue weighted by Crippen LogP contribution is 2.18. The summed E-state index contributed by atoms with van der Waals surface area (Å²) in [5.41, 5.74) is 1.77. The van der Waals surface area contributed by atoms with Gasteiger partial charge in [-0.3, -0.25) is 0 Å². The topological polar surface area (TPSA) is 24.1 Å². The van der Waals surface area contributed by atoms with Crippen LogP contribution < -0.4 is 10.6 Å². The van der Waals surface area contributed by atoms with Crippen LogP contribution in [0, 0.1) is 5.82 Å². The Bertz CT molecular complexity index is 384. The van der Waals surface area contributed by atoms with E-state index in [0.717, 1.165) is 24.3 Å². The summed E-state index contributed by atoms with van der Waals surface area (Å²) < 4.78 is 13.0. The molecule has 1 atom stereocenters. The molecular weight excluding hydrogens is 215 g/mol. The van der Waals surface area contributed by atoms with E-state index in [-0.39, 0.29) is 5.82 Å². The lowest BCUT2D eigenvalue weighted by Crippen LogP contribution is -2.39. The average Bonchev–Trinajstić information content (AvgIpc) is 2.38. The maximum absolute atomic E-state index is 13.0. The summed E-state index contributed by atoms with van der Waals surface area (Å²) in [7, 11) is 0. The largest absolute Gasteiger partial charge is 0.383 e. The maximum Gasteiger partial charge on any atom is 0.123 e. The van der Waals surface area contributed by atoms with Gasteiger partial charge in [-0.15, -0.1) is 0 Å².